The summed E-state index contributed by atoms with van der Waals surface area (Å²) in [7, 11) is -3.81. The van der Waals surface area contributed by atoms with Crippen molar-refractivity contribution in [2.45, 2.75) is 14.9 Å². The molecule has 0 aliphatic rings. The molecule has 2 rings (SSSR count). The van der Waals surface area contributed by atoms with E-state index in [0.717, 1.165) is 0 Å². The number of nitrogens with two attached hydrogens (primary N) is 1. The van der Waals surface area contributed by atoms with Gasteiger partial charge in [0.1, 0.15) is 6.17 Å². The number of hydrogen-bond donors (Lipinski definition) is 4. The number of benzene rings is 1. The van der Waals surface area contributed by atoms with Crippen molar-refractivity contribution < 1.29 is 17.6 Å². The van der Waals surface area contributed by atoms with Crippen LogP contribution in [0.15, 0.2) is 52.0 Å². The molecular formula is C14H13Cl3N4O4S2. The Morgan fingerprint density at radius 3 is 2.26 bits per heavy atom. The Balaban J connectivity index is 2.04. The Bertz CT molecular complexity index is 913. The molecular weight excluding hydrogens is 459 g/mol. The highest BCUT2D eigenvalue weighted by Crippen LogP contribution is 2.29. The maximum atomic E-state index is 12.1. The smallest absolute Gasteiger partial charge is 0.288 e. The van der Waals surface area contributed by atoms with E-state index in [1.165, 1.54) is 42.7 Å². The molecule has 1 amide bonds. The van der Waals surface area contributed by atoms with Gasteiger partial charge in [-0.05, 0) is 48.6 Å². The zero-order valence-electron chi connectivity index (χ0n) is 13.3. The third-order valence-corrected chi connectivity index (χ3v) is 4.87. The van der Waals surface area contributed by atoms with Crippen LogP contribution < -0.4 is 21.1 Å². The highest BCUT2D eigenvalue weighted by Gasteiger charge is 2.35. The molecule has 1 aromatic heterocycles. The summed E-state index contributed by atoms with van der Waals surface area (Å²) in [4.78, 5) is 12.0. The molecule has 1 atom stereocenters. The number of anilines is 1. The summed E-state index contributed by atoms with van der Waals surface area (Å²) >= 11 is 22.8. The number of carbonyl (C=O) groups excluding carboxylic acids is 1. The zero-order chi connectivity index (χ0) is 20.2. The second-order valence-corrected chi connectivity index (χ2v) is 9.43. The van der Waals surface area contributed by atoms with Gasteiger partial charge in [-0.15, -0.1) is 0 Å². The van der Waals surface area contributed by atoms with Crippen molar-refractivity contribution in [3.63, 3.8) is 0 Å². The molecule has 8 nitrogen and oxygen atoms in total. The van der Waals surface area contributed by atoms with Crippen LogP contribution in [0.25, 0.3) is 0 Å². The number of thiocarbonyl (C=S) groups is 1. The minimum absolute atomic E-state index is 0.00873. The van der Waals surface area contributed by atoms with Crippen LogP contribution >= 0.6 is 47.0 Å². The Hall–Kier alpha value is -1.56. The molecule has 13 heteroatoms. The first kappa shape index (κ1) is 21.7. The molecule has 27 heavy (non-hydrogen) atoms. The first-order valence-electron chi connectivity index (χ1n) is 7.08. The lowest BCUT2D eigenvalue weighted by Gasteiger charge is -2.27. The maximum Gasteiger partial charge on any atom is 0.288 e. The first-order valence-corrected chi connectivity index (χ1v) is 10.2. The molecule has 0 saturated heterocycles. The van der Waals surface area contributed by atoms with E-state index in [4.69, 9.17) is 56.6 Å². The average molecular weight is 472 g/mol. The second kappa shape index (κ2) is 8.63. The molecule has 0 bridgehead atoms. The van der Waals surface area contributed by atoms with Gasteiger partial charge in [-0.2, -0.15) is 0 Å². The lowest BCUT2D eigenvalue weighted by molar-refractivity contribution is 0.0906. The molecule has 0 spiro atoms. The van der Waals surface area contributed by atoms with Gasteiger partial charge in [-0.3, -0.25) is 4.79 Å². The van der Waals surface area contributed by atoms with Gasteiger partial charge in [0.2, 0.25) is 13.8 Å². The number of nitrogens with one attached hydrogen (secondary N) is 3. The van der Waals surface area contributed by atoms with Crippen LogP contribution in [0, 0.1) is 0 Å². The molecule has 0 fully saturated rings. The molecule has 146 valence electrons. The highest BCUT2D eigenvalue weighted by molar-refractivity contribution is 7.89. The van der Waals surface area contributed by atoms with E-state index in [9.17, 15) is 13.2 Å². The third-order valence-electron chi connectivity index (χ3n) is 3.06. The summed E-state index contributed by atoms with van der Waals surface area (Å²) in [6.45, 7) is 0. The van der Waals surface area contributed by atoms with Gasteiger partial charge in [-0.1, -0.05) is 34.8 Å². The molecule has 1 heterocycles. The van der Waals surface area contributed by atoms with Gasteiger partial charge in [0, 0.05) is 5.69 Å². The SMILES string of the molecule is NS(=O)(=O)c1ccc(NC(=S)N[C@@H](NC(=O)c2ccco2)C(Cl)(Cl)Cl)cc1. The standard InChI is InChI=1S/C14H13Cl3N4O4S2/c15-14(16,17)12(20-11(22)10-2-1-7-25-10)21-13(26)19-8-3-5-9(6-4-8)27(18,23)24/h1-7,12H,(H,20,22)(H2,18,23,24)(H2,19,21,26)/t12-/m1/s1. The zero-order valence-corrected chi connectivity index (χ0v) is 17.2. The molecule has 0 unspecified atom stereocenters. The Morgan fingerprint density at radius 2 is 1.78 bits per heavy atom. The monoisotopic (exact) mass is 470 g/mol. The highest BCUT2D eigenvalue weighted by atomic mass is 35.6. The molecule has 5 N–H and O–H groups in total. The van der Waals surface area contributed by atoms with Crippen LogP contribution in [0.4, 0.5) is 5.69 Å². The number of alkyl halides is 3. The van der Waals surface area contributed by atoms with Gasteiger partial charge >= 0.3 is 0 Å². The van der Waals surface area contributed by atoms with Gasteiger partial charge in [-0.25, -0.2) is 13.6 Å². The van der Waals surface area contributed by atoms with Crippen LogP contribution in [0.5, 0.6) is 0 Å². The van der Waals surface area contributed by atoms with Crippen LogP contribution in [0.1, 0.15) is 10.6 Å². The van der Waals surface area contributed by atoms with Crippen LogP contribution in [-0.2, 0) is 10.0 Å². The molecule has 0 radical (unpaired) electrons. The normalized spacial score (nSPS) is 12.9. The summed E-state index contributed by atoms with van der Waals surface area (Å²) in [5.41, 5.74) is 0.445. The predicted octanol–water partition coefficient (Wildman–Crippen LogP) is 2.34. The molecule has 2 aromatic rings. The van der Waals surface area contributed by atoms with E-state index < -0.39 is 25.9 Å². The van der Waals surface area contributed by atoms with Crippen molar-refractivity contribution in [3.8, 4) is 0 Å². The van der Waals surface area contributed by atoms with Crippen molar-refractivity contribution in [2.75, 3.05) is 5.32 Å². The second-order valence-electron chi connectivity index (χ2n) is 5.09. The predicted molar refractivity (Wildman–Crippen MR) is 107 cm³/mol. The van der Waals surface area contributed by atoms with E-state index in [0.29, 0.717) is 5.69 Å². The van der Waals surface area contributed by atoms with Crippen molar-refractivity contribution in [1.82, 2.24) is 10.6 Å². The fourth-order valence-corrected chi connectivity index (χ4v) is 2.91. The fraction of sp³-hybridized carbons (Fsp3) is 0.143. The first-order chi connectivity index (χ1) is 12.5. The number of hydrogen-bond acceptors (Lipinski definition) is 5. The van der Waals surface area contributed by atoms with Gasteiger partial charge in [0.15, 0.2) is 10.9 Å². The van der Waals surface area contributed by atoms with Crippen molar-refractivity contribution in [2.24, 2.45) is 5.14 Å². The third kappa shape index (κ3) is 6.52. The number of halogens is 3. The van der Waals surface area contributed by atoms with E-state index in [1.54, 1.807) is 0 Å². The maximum absolute atomic E-state index is 12.1. The topological polar surface area (TPSA) is 126 Å². The molecule has 0 aliphatic heterocycles. The van der Waals surface area contributed by atoms with Crippen molar-refractivity contribution in [1.29, 1.82) is 0 Å². The number of sulfonamides is 1. The van der Waals surface area contributed by atoms with E-state index in [-0.39, 0.29) is 15.8 Å². The van der Waals surface area contributed by atoms with E-state index in [2.05, 4.69) is 16.0 Å². The lowest BCUT2D eigenvalue weighted by atomic mass is 10.3. The largest absolute Gasteiger partial charge is 0.459 e. The average Bonchev–Trinajstić information content (AvgIpc) is 3.07. The van der Waals surface area contributed by atoms with Crippen LogP contribution in [0.2, 0.25) is 0 Å². The van der Waals surface area contributed by atoms with Crippen molar-refractivity contribution in [3.05, 3.63) is 48.4 Å². The minimum atomic E-state index is -3.81. The van der Waals surface area contributed by atoms with Gasteiger partial charge in [0.25, 0.3) is 5.91 Å². The Morgan fingerprint density at radius 1 is 1.15 bits per heavy atom. The lowest BCUT2D eigenvalue weighted by Crippen LogP contribution is -2.56. The number of furan rings is 1. The summed E-state index contributed by atoms with van der Waals surface area (Å²) in [5, 5.41) is 12.9. The molecule has 1 aromatic carbocycles. The number of primary sulfonamides is 1. The van der Waals surface area contributed by atoms with Crippen LogP contribution in [-0.4, -0.2) is 29.4 Å². The molecule has 0 saturated carbocycles. The summed E-state index contributed by atoms with van der Waals surface area (Å²) in [5.74, 6) is -0.599. The van der Waals surface area contributed by atoms with E-state index in [1.807, 2.05) is 0 Å². The van der Waals surface area contributed by atoms with Gasteiger partial charge in [0.05, 0.1) is 11.2 Å². The summed E-state index contributed by atoms with van der Waals surface area (Å²) in [6.07, 6.45) is 0.133. The van der Waals surface area contributed by atoms with Crippen molar-refractivity contribution >= 4 is 73.8 Å². The Labute approximate surface area is 175 Å². The number of rotatable bonds is 5. The van der Waals surface area contributed by atoms with Gasteiger partial charge < -0.3 is 20.4 Å². The van der Waals surface area contributed by atoms with Crippen LogP contribution in [0.3, 0.4) is 0 Å². The number of amides is 1. The summed E-state index contributed by atoms with van der Waals surface area (Å²) in [6, 6.07) is 8.45. The molecule has 0 aliphatic carbocycles. The number of carbonyl (C=O) groups is 1. The minimum Gasteiger partial charge on any atom is -0.459 e. The fourth-order valence-electron chi connectivity index (χ4n) is 1.84. The quantitative estimate of drug-likeness (QED) is 0.299. The Kier molecular flexibility index (Phi) is 6.95. The summed E-state index contributed by atoms with van der Waals surface area (Å²) < 4.78 is 25.5. The van der Waals surface area contributed by atoms with E-state index >= 15 is 0 Å².